The Kier molecular flexibility index (Phi) is 16.8. The smallest absolute Gasteiger partial charge is 0.125 e. The zero-order valence-electron chi connectivity index (χ0n) is 28.2. The average Bonchev–Trinajstić information content (AvgIpc) is 2.77. The lowest BCUT2D eigenvalue weighted by Gasteiger charge is -2.35. The summed E-state index contributed by atoms with van der Waals surface area (Å²) in [6.07, 6.45) is 0. The molecule has 0 aromatic rings. The van der Waals surface area contributed by atoms with E-state index >= 15 is 0 Å². The fourth-order valence-corrected chi connectivity index (χ4v) is 13.1. The Bertz CT molecular complexity index is 806. The number of hydrogen-bond acceptors (Lipinski definition) is 4. The van der Waals surface area contributed by atoms with Crippen LogP contribution in [0.2, 0.25) is 0 Å². The van der Waals surface area contributed by atoms with E-state index in [4.69, 9.17) is 0 Å². The summed E-state index contributed by atoms with van der Waals surface area (Å²) in [7, 11) is -3.93. The molecule has 0 spiro atoms. The molecule has 0 aliphatic carbocycles. The summed E-state index contributed by atoms with van der Waals surface area (Å²) in [5.41, 5.74) is 29.9. The molecule has 0 fully saturated rings. The Morgan fingerprint density at radius 1 is 0.250 bits per heavy atom. The quantitative estimate of drug-likeness (QED) is 0.159. The summed E-state index contributed by atoms with van der Waals surface area (Å²) in [4.78, 5) is 0. The van der Waals surface area contributed by atoms with E-state index in [1.54, 1.807) is 0 Å². The molecule has 224 valence electrons. The van der Waals surface area contributed by atoms with Gasteiger partial charge >= 0.3 is 0 Å². The summed E-state index contributed by atoms with van der Waals surface area (Å²) >= 11 is 0. The molecule has 0 unspecified atom stereocenters. The maximum Gasteiger partial charge on any atom is 0.125 e. The zero-order valence-corrected chi connectivity index (χ0v) is 31.8. The lowest BCUT2D eigenvalue weighted by molar-refractivity contribution is 0.326. The van der Waals surface area contributed by atoms with Gasteiger partial charge in [0.1, 0.15) is 32.3 Å². The lowest BCUT2D eigenvalue weighted by atomic mass is 10.3. The highest BCUT2D eigenvalue weighted by Gasteiger charge is 2.28. The topological polar surface area (TPSA) is 13.0 Å². The van der Waals surface area contributed by atoms with Crippen LogP contribution in [0.25, 0.3) is 0 Å². The molecule has 40 heavy (non-hydrogen) atoms. The van der Waals surface area contributed by atoms with Crippen LogP contribution in [0.5, 0.6) is 0 Å². The predicted molar refractivity (Wildman–Crippen MR) is 187 cm³/mol. The molecule has 8 heteroatoms. The summed E-state index contributed by atoms with van der Waals surface area (Å²) < 4.78 is 10.00. The Labute approximate surface area is 254 Å². The van der Waals surface area contributed by atoms with E-state index in [0.29, 0.717) is 48.3 Å². The first-order chi connectivity index (χ1) is 18.5. The fraction of sp³-hybridized carbons (Fsp3) is 0.750. The fourth-order valence-electron chi connectivity index (χ4n) is 5.19. The van der Waals surface area contributed by atoms with Gasteiger partial charge in [0.25, 0.3) is 0 Å². The van der Waals surface area contributed by atoms with Crippen molar-refractivity contribution in [2.45, 2.75) is 159 Å². The van der Waals surface area contributed by atoms with Gasteiger partial charge in [-0.1, -0.05) is 0 Å². The van der Waals surface area contributed by atoms with Crippen molar-refractivity contribution in [1.29, 1.82) is 0 Å². The lowest BCUT2D eigenvalue weighted by Crippen LogP contribution is -2.33. The maximum absolute atomic E-state index is 3.74. The number of hydrogen-bond donors (Lipinski definition) is 0. The van der Waals surface area contributed by atoms with Crippen molar-refractivity contribution < 1.29 is 0 Å². The van der Waals surface area contributed by atoms with Crippen molar-refractivity contribution in [1.82, 2.24) is 18.7 Å². The van der Waals surface area contributed by atoms with Gasteiger partial charge in [-0.05, 0) is 156 Å². The molecule has 1 heterocycles. The van der Waals surface area contributed by atoms with Gasteiger partial charge in [-0.3, -0.25) is 18.7 Å². The summed E-state index contributed by atoms with van der Waals surface area (Å²) in [5.74, 6) is 0. The van der Waals surface area contributed by atoms with Crippen LogP contribution in [0, 0.1) is 45.3 Å². The standard InChI is InChI=1S/C32H56N4P4/c1-25(2)33(26(3)4)37-17-19-38(34(27(5)6)28(7)8)21-23-40(36(31(13)14)32(15)16)24-22-39(20-18-37)35(29(9)10)30(11)12/h25-32H,1-16H3. The van der Waals surface area contributed by atoms with Crippen molar-refractivity contribution in [2.24, 2.45) is 0 Å². The van der Waals surface area contributed by atoms with E-state index in [9.17, 15) is 0 Å². The van der Waals surface area contributed by atoms with Crippen LogP contribution >= 0.6 is 32.3 Å². The third-order valence-corrected chi connectivity index (χ3v) is 15.0. The molecule has 1 rings (SSSR count). The molecule has 0 atom stereocenters. The van der Waals surface area contributed by atoms with E-state index < -0.39 is 32.3 Å². The Morgan fingerprint density at radius 3 is 0.425 bits per heavy atom. The minimum Gasteiger partial charge on any atom is -0.257 e. The van der Waals surface area contributed by atoms with E-state index in [2.05, 4.69) is 175 Å². The average molecular weight is 621 g/mol. The predicted octanol–water partition coefficient (Wildman–Crippen LogP) is 9.74. The van der Waals surface area contributed by atoms with Gasteiger partial charge in [0, 0.05) is 48.3 Å². The highest BCUT2D eigenvalue weighted by Crippen LogP contribution is 2.51. The highest BCUT2D eigenvalue weighted by molar-refractivity contribution is 7.73. The maximum atomic E-state index is 3.74. The Balaban J connectivity index is 4.07. The number of nitrogens with zero attached hydrogens (tertiary/aromatic N) is 4. The van der Waals surface area contributed by atoms with Gasteiger partial charge in [0.2, 0.25) is 0 Å². The minimum atomic E-state index is -0.982. The van der Waals surface area contributed by atoms with Crippen LogP contribution in [0.15, 0.2) is 0 Å². The van der Waals surface area contributed by atoms with Crippen LogP contribution < -0.4 is 0 Å². The number of rotatable bonds is 12. The van der Waals surface area contributed by atoms with Gasteiger partial charge in [-0.2, -0.15) is 0 Å². The molecule has 0 aromatic carbocycles. The molecule has 0 aromatic heterocycles. The van der Waals surface area contributed by atoms with E-state index in [0.717, 1.165) is 0 Å². The van der Waals surface area contributed by atoms with Crippen LogP contribution in [0.1, 0.15) is 111 Å². The van der Waals surface area contributed by atoms with Crippen LogP contribution in [0.4, 0.5) is 0 Å². The van der Waals surface area contributed by atoms with Gasteiger partial charge < -0.3 is 0 Å². The summed E-state index contributed by atoms with van der Waals surface area (Å²) in [5, 5.41) is 0. The van der Waals surface area contributed by atoms with Gasteiger partial charge in [-0.25, -0.2) is 0 Å². The van der Waals surface area contributed by atoms with Crippen molar-refractivity contribution in [2.75, 3.05) is 0 Å². The van der Waals surface area contributed by atoms with Gasteiger partial charge in [-0.15, -0.1) is 0 Å². The SMILES string of the molecule is CC(C)N(C(C)C)P1C#CP(N(C(C)C)C(C)C)C#CP(N(C(C)C)C(C)C)C#CP(N(C(C)C)C(C)C)C#C1. The second-order valence-electron chi connectivity index (χ2n) is 12.4. The molecule has 1 aliphatic rings. The van der Waals surface area contributed by atoms with E-state index in [1.165, 1.54) is 0 Å². The summed E-state index contributed by atoms with van der Waals surface area (Å²) in [6.45, 7) is 36.2. The molecule has 0 amide bonds. The Morgan fingerprint density at radius 2 is 0.350 bits per heavy atom. The zero-order chi connectivity index (χ0) is 30.9. The van der Waals surface area contributed by atoms with E-state index in [-0.39, 0.29) is 0 Å². The van der Waals surface area contributed by atoms with Crippen LogP contribution in [-0.4, -0.2) is 67.0 Å². The van der Waals surface area contributed by atoms with Crippen LogP contribution in [-0.2, 0) is 0 Å². The molecule has 0 N–H and O–H groups in total. The first-order valence-corrected chi connectivity index (χ1v) is 20.1. The molecular formula is C32H56N4P4. The largest absolute Gasteiger partial charge is 0.257 e. The van der Waals surface area contributed by atoms with Crippen molar-refractivity contribution in [3.63, 3.8) is 0 Å². The summed E-state index contributed by atoms with van der Waals surface area (Å²) in [6, 6.07) is 2.84. The molecule has 1 aliphatic heterocycles. The third-order valence-electron chi connectivity index (χ3n) is 6.20. The molecular weight excluding hydrogens is 564 g/mol. The minimum absolute atomic E-state index is 0.355. The first-order valence-electron chi connectivity index (χ1n) is 14.9. The first kappa shape index (κ1) is 37.8. The normalized spacial score (nSPS) is 21.7. The highest BCUT2D eigenvalue weighted by atomic mass is 31.1. The second-order valence-corrected chi connectivity index (χ2v) is 18.5. The van der Waals surface area contributed by atoms with Gasteiger partial charge in [0.15, 0.2) is 0 Å². The van der Waals surface area contributed by atoms with Crippen molar-refractivity contribution in [3.05, 3.63) is 0 Å². The van der Waals surface area contributed by atoms with E-state index in [1.807, 2.05) is 0 Å². The molecule has 0 radical (unpaired) electrons. The molecule has 4 nitrogen and oxygen atoms in total. The third kappa shape index (κ3) is 11.1. The Hall–Kier alpha value is -0.200. The van der Waals surface area contributed by atoms with Crippen molar-refractivity contribution >= 4 is 32.3 Å². The van der Waals surface area contributed by atoms with Crippen molar-refractivity contribution in [3.8, 4) is 45.3 Å². The second kappa shape index (κ2) is 17.8. The molecule has 0 bridgehead atoms. The molecule has 0 saturated heterocycles. The van der Waals surface area contributed by atoms with Crippen LogP contribution in [0.3, 0.4) is 0 Å². The molecule has 0 saturated carbocycles. The monoisotopic (exact) mass is 620 g/mol. The van der Waals surface area contributed by atoms with Gasteiger partial charge in [0.05, 0.1) is 0 Å².